The van der Waals surface area contributed by atoms with E-state index < -0.39 is 56.4 Å². The first-order chi connectivity index (χ1) is 24.5. The number of benzene rings is 2. The van der Waals surface area contributed by atoms with Gasteiger partial charge in [0.15, 0.2) is 32.0 Å². The summed E-state index contributed by atoms with van der Waals surface area (Å²) in [5, 5.41) is 0.428. The zero-order valence-electron chi connectivity index (χ0n) is 31.3. The van der Waals surface area contributed by atoms with Crippen molar-refractivity contribution in [1.82, 2.24) is 0 Å². The summed E-state index contributed by atoms with van der Waals surface area (Å²) in [6, 6.07) is 15.8. The number of fused-ring (bicyclic) bond motifs is 1. The molecule has 3 aromatic rings. The predicted octanol–water partition coefficient (Wildman–Crippen LogP) is 7.69. The van der Waals surface area contributed by atoms with Crippen LogP contribution in [0.25, 0.3) is 11.0 Å². The van der Waals surface area contributed by atoms with Crippen LogP contribution in [0.15, 0.2) is 51.7 Å². The standard InChI is InChI=1S/C39H54O11Si/c1-9-43-36(40)30-32(45-24-26-18-14-13-15-19-26)27-21-22-28(25(5)31(27)48-37(30)41)46-38-34(47-29-20-16-17-23-44-29)33(35(42-8)39(6,7)49-38)50-51(10-2,11-3)12-4/h13-15,18-19,21-22,29,33-35,38H,9-12,16-17,20,23-24H2,1-8H3/t29?,33-,34+,35+,38+/m0/s1. The average molecular weight is 727 g/mol. The molecule has 2 aliphatic heterocycles. The van der Waals surface area contributed by atoms with Gasteiger partial charge in [-0.1, -0.05) is 51.1 Å². The van der Waals surface area contributed by atoms with E-state index in [0.29, 0.717) is 23.3 Å². The van der Waals surface area contributed by atoms with Gasteiger partial charge in [0.1, 0.15) is 30.1 Å². The molecule has 0 radical (unpaired) electrons. The monoisotopic (exact) mass is 726 g/mol. The number of ether oxygens (including phenoxy) is 7. The maximum atomic E-state index is 13.5. The van der Waals surface area contributed by atoms with Crippen LogP contribution in [0.1, 0.15) is 82.3 Å². The summed E-state index contributed by atoms with van der Waals surface area (Å²) in [4.78, 5) is 26.5. The van der Waals surface area contributed by atoms with Crippen LogP contribution in [0, 0.1) is 6.92 Å². The second-order valence-corrected chi connectivity index (χ2v) is 18.5. The fraction of sp³-hybridized carbons (Fsp3) is 0.590. The number of carbonyl (C=O) groups is 1. The Kier molecular flexibility index (Phi) is 13.0. The highest BCUT2D eigenvalue weighted by Gasteiger charge is 2.55. The second-order valence-electron chi connectivity index (χ2n) is 13.7. The lowest BCUT2D eigenvalue weighted by molar-refractivity contribution is -0.336. The van der Waals surface area contributed by atoms with Crippen molar-refractivity contribution >= 4 is 25.3 Å². The molecule has 3 heterocycles. The van der Waals surface area contributed by atoms with Gasteiger partial charge in [0.2, 0.25) is 6.29 Å². The fourth-order valence-electron chi connectivity index (χ4n) is 7.08. The molecule has 2 fully saturated rings. The van der Waals surface area contributed by atoms with Gasteiger partial charge in [0.05, 0.1) is 17.6 Å². The quantitative estimate of drug-likeness (QED) is 0.0871. The van der Waals surface area contributed by atoms with Crippen LogP contribution in [0.2, 0.25) is 18.1 Å². The summed E-state index contributed by atoms with van der Waals surface area (Å²) >= 11 is 0. The van der Waals surface area contributed by atoms with E-state index in [1.54, 1.807) is 33.1 Å². The number of rotatable bonds is 15. The summed E-state index contributed by atoms with van der Waals surface area (Å²) in [5.74, 6) is -0.330. The Morgan fingerprint density at radius 3 is 2.33 bits per heavy atom. The molecule has 51 heavy (non-hydrogen) atoms. The zero-order chi connectivity index (χ0) is 36.8. The molecule has 280 valence electrons. The third-order valence-electron chi connectivity index (χ3n) is 10.2. The molecular weight excluding hydrogens is 673 g/mol. The number of carbonyl (C=O) groups excluding carboxylic acids is 1. The molecule has 0 spiro atoms. The van der Waals surface area contributed by atoms with Gasteiger partial charge in [0.25, 0.3) is 0 Å². The average Bonchev–Trinajstić information content (AvgIpc) is 3.13. The van der Waals surface area contributed by atoms with Crippen molar-refractivity contribution in [2.24, 2.45) is 0 Å². The fourth-order valence-corrected chi connectivity index (χ4v) is 9.92. The normalized spacial score (nSPS) is 23.6. The van der Waals surface area contributed by atoms with E-state index in [-0.39, 0.29) is 30.1 Å². The first-order valence-corrected chi connectivity index (χ1v) is 20.8. The van der Waals surface area contributed by atoms with Crippen LogP contribution in [0.4, 0.5) is 0 Å². The number of esters is 1. The SMILES string of the molecule is CCOC(=O)c1c(OCc2ccccc2)c2ccc(O[C@@H]3OC(C)(C)[C@H](OC)[C@@H](O[Si](CC)(CC)CC)[C@H]3OC3CCCCO3)c(C)c2oc1=O. The number of methoxy groups -OCH3 is 1. The van der Waals surface area contributed by atoms with E-state index in [1.807, 2.05) is 44.2 Å². The van der Waals surface area contributed by atoms with Crippen LogP contribution in [-0.2, 0) is 34.7 Å². The van der Waals surface area contributed by atoms with Crippen molar-refractivity contribution < 1.29 is 46.8 Å². The van der Waals surface area contributed by atoms with E-state index in [1.165, 1.54) is 0 Å². The van der Waals surface area contributed by atoms with Crippen molar-refractivity contribution in [1.29, 1.82) is 0 Å². The minimum absolute atomic E-state index is 0.0835. The van der Waals surface area contributed by atoms with E-state index in [9.17, 15) is 9.59 Å². The predicted molar refractivity (Wildman–Crippen MR) is 195 cm³/mol. The molecule has 0 amide bonds. The molecular formula is C39H54O11Si. The Labute approximate surface area is 301 Å². The number of aryl methyl sites for hydroxylation is 1. The van der Waals surface area contributed by atoms with E-state index in [0.717, 1.165) is 43.0 Å². The minimum Gasteiger partial charge on any atom is -0.487 e. The van der Waals surface area contributed by atoms with Gasteiger partial charge in [-0.15, -0.1) is 0 Å². The molecule has 0 saturated carbocycles. The molecule has 0 N–H and O–H groups in total. The van der Waals surface area contributed by atoms with Gasteiger partial charge in [-0.2, -0.15) is 0 Å². The zero-order valence-corrected chi connectivity index (χ0v) is 32.3. The van der Waals surface area contributed by atoms with Crippen molar-refractivity contribution in [2.45, 2.75) is 129 Å². The first-order valence-electron chi connectivity index (χ1n) is 18.3. The van der Waals surface area contributed by atoms with Gasteiger partial charge in [-0.3, -0.25) is 0 Å². The van der Waals surface area contributed by atoms with E-state index in [2.05, 4.69) is 20.8 Å². The van der Waals surface area contributed by atoms with Crippen LogP contribution in [-0.4, -0.2) is 71.1 Å². The first kappa shape index (κ1) is 39.0. The van der Waals surface area contributed by atoms with Crippen LogP contribution in [0.3, 0.4) is 0 Å². The Morgan fingerprint density at radius 2 is 1.71 bits per heavy atom. The summed E-state index contributed by atoms with van der Waals surface area (Å²) in [6.45, 7) is 14.8. The van der Waals surface area contributed by atoms with Crippen molar-refractivity contribution in [3.8, 4) is 11.5 Å². The molecule has 1 aromatic heterocycles. The van der Waals surface area contributed by atoms with Crippen molar-refractivity contribution in [3.05, 3.63) is 69.6 Å². The van der Waals surface area contributed by atoms with Gasteiger partial charge in [-0.25, -0.2) is 9.59 Å². The molecule has 2 aliphatic rings. The van der Waals surface area contributed by atoms with Crippen LogP contribution in [0.5, 0.6) is 11.5 Å². The molecule has 0 aliphatic carbocycles. The third-order valence-corrected chi connectivity index (χ3v) is 14.8. The highest BCUT2D eigenvalue weighted by Crippen LogP contribution is 2.41. The Balaban J connectivity index is 1.57. The molecule has 12 heteroatoms. The van der Waals surface area contributed by atoms with Gasteiger partial charge in [-0.05, 0) is 82.8 Å². The lowest BCUT2D eigenvalue weighted by Crippen LogP contribution is -2.67. The topological polar surface area (TPSA) is 121 Å². The van der Waals surface area contributed by atoms with Crippen LogP contribution < -0.4 is 15.1 Å². The summed E-state index contributed by atoms with van der Waals surface area (Å²) in [7, 11) is -0.508. The van der Waals surface area contributed by atoms with Gasteiger partial charge in [0, 0.05) is 19.3 Å². The number of hydrogen-bond donors (Lipinski definition) is 0. The summed E-state index contributed by atoms with van der Waals surface area (Å²) < 4.78 is 56.8. The number of hydrogen-bond acceptors (Lipinski definition) is 11. The van der Waals surface area contributed by atoms with Crippen molar-refractivity contribution in [3.63, 3.8) is 0 Å². The summed E-state index contributed by atoms with van der Waals surface area (Å²) in [6.07, 6.45) is -0.363. The van der Waals surface area contributed by atoms with Crippen LogP contribution >= 0.6 is 0 Å². The molecule has 2 saturated heterocycles. The maximum Gasteiger partial charge on any atom is 0.354 e. The lowest BCUT2D eigenvalue weighted by atomic mass is 9.89. The van der Waals surface area contributed by atoms with E-state index >= 15 is 0 Å². The highest BCUT2D eigenvalue weighted by atomic mass is 28.4. The molecule has 0 bridgehead atoms. The molecule has 5 rings (SSSR count). The molecule has 5 atom stereocenters. The van der Waals surface area contributed by atoms with E-state index in [4.69, 9.17) is 42.0 Å². The smallest absolute Gasteiger partial charge is 0.354 e. The minimum atomic E-state index is -2.18. The van der Waals surface area contributed by atoms with Crippen molar-refractivity contribution in [2.75, 3.05) is 20.3 Å². The lowest BCUT2D eigenvalue weighted by Gasteiger charge is -2.52. The van der Waals surface area contributed by atoms with Gasteiger partial charge < -0.3 is 42.0 Å². The maximum absolute atomic E-state index is 13.5. The molecule has 2 aromatic carbocycles. The Morgan fingerprint density at radius 1 is 0.980 bits per heavy atom. The molecule has 1 unspecified atom stereocenters. The largest absolute Gasteiger partial charge is 0.487 e. The highest BCUT2D eigenvalue weighted by molar-refractivity contribution is 6.73. The molecule has 11 nitrogen and oxygen atoms in total. The third kappa shape index (κ3) is 8.53. The summed E-state index contributed by atoms with van der Waals surface area (Å²) in [5.41, 5.74) is -0.392. The Bertz CT molecular complexity index is 1650. The second kappa shape index (κ2) is 17.0. The Hall–Kier alpha value is -3.26. The van der Waals surface area contributed by atoms with Gasteiger partial charge >= 0.3 is 11.6 Å².